The first kappa shape index (κ1) is 23.6. The number of nitrogens with one attached hydrogen (secondary N) is 1. The number of carbonyl (C=O) groups is 2. The Labute approximate surface area is 190 Å². The molecule has 6 heteroatoms. The summed E-state index contributed by atoms with van der Waals surface area (Å²) in [6.07, 6.45) is 1.29. The van der Waals surface area contributed by atoms with Crippen molar-refractivity contribution in [3.8, 4) is 11.5 Å². The van der Waals surface area contributed by atoms with Gasteiger partial charge in [0.15, 0.2) is 6.10 Å². The molecule has 1 atom stereocenters. The lowest BCUT2D eigenvalue weighted by Crippen LogP contribution is -2.49. The van der Waals surface area contributed by atoms with Crippen LogP contribution in [0.5, 0.6) is 11.5 Å². The predicted octanol–water partition coefficient (Wildman–Crippen LogP) is 3.94. The van der Waals surface area contributed by atoms with Crippen molar-refractivity contribution in [3.05, 3.63) is 59.7 Å². The first-order chi connectivity index (χ1) is 15.4. The Balaban J connectivity index is 1.45. The maximum absolute atomic E-state index is 12.7. The van der Waals surface area contributed by atoms with E-state index in [9.17, 15) is 9.59 Å². The first-order valence-electron chi connectivity index (χ1n) is 11.3. The van der Waals surface area contributed by atoms with Gasteiger partial charge in [0.05, 0.1) is 13.5 Å². The van der Waals surface area contributed by atoms with Gasteiger partial charge in [-0.3, -0.25) is 9.59 Å². The molecule has 1 saturated heterocycles. The maximum atomic E-state index is 12.7. The molecule has 3 rings (SSSR count). The third-order valence-electron chi connectivity index (χ3n) is 5.92. The van der Waals surface area contributed by atoms with Crippen LogP contribution in [-0.2, 0) is 16.0 Å². The van der Waals surface area contributed by atoms with Crippen molar-refractivity contribution in [2.45, 2.75) is 58.1 Å². The van der Waals surface area contributed by atoms with E-state index >= 15 is 0 Å². The van der Waals surface area contributed by atoms with E-state index < -0.39 is 6.10 Å². The van der Waals surface area contributed by atoms with Crippen molar-refractivity contribution in [3.63, 3.8) is 0 Å². The molecule has 1 aliphatic rings. The number of nitrogens with zero attached hydrogens (tertiary/aromatic N) is 1. The highest BCUT2D eigenvalue weighted by atomic mass is 16.5. The molecule has 0 saturated carbocycles. The third kappa shape index (κ3) is 6.25. The molecule has 2 amide bonds. The lowest BCUT2D eigenvalue weighted by Gasteiger charge is -2.33. The molecule has 0 bridgehead atoms. The van der Waals surface area contributed by atoms with Crippen LogP contribution in [0.4, 0.5) is 0 Å². The fourth-order valence-corrected chi connectivity index (χ4v) is 3.93. The number of methoxy groups -OCH3 is 1. The Morgan fingerprint density at radius 3 is 2.31 bits per heavy atom. The van der Waals surface area contributed by atoms with Crippen molar-refractivity contribution in [2.75, 3.05) is 20.2 Å². The molecule has 0 aliphatic carbocycles. The minimum Gasteiger partial charge on any atom is -0.497 e. The molecule has 0 spiro atoms. The molecule has 1 fully saturated rings. The Morgan fingerprint density at radius 1 is 1.03 bits per heavy atom. The molecule has 1 heterocycles. The van der Waals surface area contributed by atoms with Crippen molar-refractivity contribution in [2.24, 2.45) is 0 Å². The summed E-state index contributed by atoms with van der Waals surface area (Å²) in [5.74, 6) is 1.85. The highest BCUT2D eigenvalue weighted by molar-refractivity contribution is 5.81. The fourth-order valence-electron chi connectivity index (χ4n) is 3.93. The smallest absolute Gasteiger partial charge is 0.260 e. The van der Waals surface area contributed by atoms with Crippen molar-refractivity contribution in [1.29, 1.82) is 0 Å². The number of piperidine rings is 1. The largest absolute Gasteiger partial charge is 0.497 e. The summed E-state index contributed by atoms with van der Waals surface area (Å²) < 4.78 is 11.1. The number of benzene rings is 2. The lowest BCUT2D eigenvalue weighted by molar-refractivity contribution is -0.132. The van der Waals surface area contributed by atoms with E-state index in [1.165, 1.54) is 0 Å². The number of carbonyl (C=O) groups excluding carboxylic acids is 2. The molecule has 1 unspecified atom stereocenters. The summed E-state index contributed by atoms with van der Waals surface area (Å²) in [6.45, 7) is 7.28. The number of para-hydroxylation sites is 1. The zero-order valence-corrected chi connectivity index (χ0v) is 19.5. The Hall–Kier alpha value is -3.02. The average Bonchev–Trinajstić information content (AvgIpc) is 2.80. The summed E-state index contributed by atoms with van der Waals surface area (Å²) >= 11 is 0. The summed E-state index contributed by atoms with van der Waals surface area (Å²) in [4.78, 5) is 27.2. The van der Waals surface area contributed by atoms with Gasteiger partial charge < -0.3 is 19.7 Å². The van der Waals surface area contributed by atoms with E-state index in [1.54, 1.807) is 14.0 Å². The summed E-state index contributed by atoms with van der Waals surface area (Å²) in [7, 11) is 1.63. The van der Waals surface area contributed by atoms with Crippen LogP contribution in [0, 0.1) is 0 Å². The SMILES string of the molecule is COc1ccc(CC(=O)N2CCC(NC(=O)C(C)Oc3ccccc3C(C)C)CC2)cc1. The standard InChI is InChI=1S/C26H34N2O4/c1-18(2)23-7-5-6-8-24(23)32-19(3)26(30)27-21-13-15-28(16-14-21)25(29)17-20-9-11-22(31-4)12-10-20/h5-12,18-19,21H,13-17H2,1-4H3,(H,27,30). The van der Waals surface area contributed by atoms with Gasteiger partial charge in [-0.25, -0.2) is 0 Å². The number of rotatable bonds is 8. The van der Waals surface area contributed by atoms with E-state index in [1.807, 2.05) is 53.4 Å². The van der Waals surface area contributed by atoms with Crippen LogP contribution in [0.1, 0.15) is 50.7 Å². The van der Waals surface area contributed by atoms with E-state index in [2.05, 4.69) is 19.2 Å². The molecule has 2 aromatic carbocycles. The van der Waals surface area contributed by atoms with Gasteiger partial charge in [-0.15, -0.1) is 0 Å². The second kappa shape index (κ2) is 11.0. The van der Waals surface area contributed by atoms with Crippen LogP contribution in [-0.4, -0.2) is 49.1 Å². The van der Waals surface area contributed by atoms with Gasteiger partial charge in [0.25, 0.3) is 5.91 Å². The van der Waals surface area contributed by atoms with Gasteiger partial charge in [-0.2, -0.15) is 0 Å². The molecule has 0 radical (unpaired) electrons. The molecule has 1 N–H and O–H groups in total. The number of likely N-dealkylation sites (tertiary alicyclic amines) is 1. The minimum atomic E-state index is -0.579. The summed E-state index contributed by atoms with van der Waals surface area (Å²) in [5.41, 5.74) is 2.06. The first-order valence-corrected chi connectivity index (χ1v) is 11.3. The van der Waals surface area contributed by atoms with Gasteiger partial charge in [-0.1, -0.05) is 44.2 Å². The Bertz CT molecular complexity index is 902. The molecule has 172 valence electrons. The Kier molecular flexibility index (Phi) is 8.14. The zero-order valence-electron chi connectivity index (χ0n) is 19.5. The average molecular weight is 439 g/mol. The highest BCUT2D eigenvalue weighted by Gasteiger charge is 2.26. The van der Waals surface area contributed by atoms with Crippen molar-refractivity contribution >= 4 is 11.8 Å². The van der Waals surface area contributed by atoms with Gasteiger partial charge in [0, 0.05) is 19.1 Å². The van der Waals surface area contributed by atoms with E-state index in [0.717, 1.165) is 35.5 Å². The quantitative estimate of drug-likeness (QED) is 0.678. The van der Waals surface area contributed by atoms with Gasteiger partial charge in [0.2, 0.25) is 5.91 Å². The van der Waals surface area contributed by atoms with E-state index in [0.29, 0.717) is 25.4 Å². The van der Waals surface area contributed by atoms with Crippen LogP contribution >= 0.6 is 0 Å². The Morgan fingerprint density at radius 2 is 1.69 bits per heavy atom. The van der Waals surface area contributed by atoms with Crippen LogP contribution in [0.3, 0.4) is 0 Å². The van der Waals surface area contributed by atoms with Crippen LogP contribution in [0.25, 0.3) is 0 Å². The van der Waals surface area contributed by atoms with Crippen molar-refractivity contribution in [1.82, 2.24) is 10.2 Å². The molecule has 0 aromatic heterocycles. The maximum Gasteiger partial charge on any atom is 0.260 e. The lowest BCUT2D eigenvalue weighted by atomic mass is 10.0. The number of hydrogen-bond acceptors (Lipinski definition) is 4. The highest BCUT2D eigenvalue weighted by Crippen LogP contribution is 2.26. The second-order valence-corrected chi connectivity index (χ2v) is 8.64. The van der Waals surface area contributed by atoms with Crippen LogP contribution in [0.2, 0.25) is 0 Å². The van der Waals surface area contributed by atoms with E-state index in [-0.39, 0.29) is 17.9 Å². The predicted molar refractivity (Wildman–Crippen MR) is 125 cm³/mol. The summed E-state index contributed by atoms with van der Waals surface area (Å²) in [5, 5.41) is 3.09. The molecule has 2 aromatic rings. The molecule has 1 aliphatic heterocycles. The third-order valence-corrected chi connectivity index (χ3v) is 5.92. The zero-order chi connectivity index (χ0) is 23.1. The molecular weight excluding hydrogens is 404 g/mol. The van der Waals surface area contributed by atoms with Crippen molar-refractivity contribution < 1.29 is 19.1 Å². The number of amides is 2. The van der Waals surface area contributed by atoms with Gasteiger partial charge >= 0.3 is 0 Å². The van der Waals surface area contributed by atoms with Crippen LogP contribution < -0.4 is 14.8 Å². The van der Waals surface area contributed by atoms with E-state index in [4.69, 9.17) is 9.47 Å². The topological polar surface area (TPSA) is 67.9 Å². The second-order valence-electron chi connectivity index (χ2n) is 8.64. The van der Waals surface area contributed by atoms with Crippen LogP contribution in [0.15, 0.2) is 48.5 Å². The molecular formula is C26H34N2O4. The number of hydrogen-bond donors (Lipinski definition) is 1. The van der Waals surface area contributed by atoms with Gasteiger partial charge in [-0.05, 0) is 55.0 Å². The summed E-state index contributed by atoms with van der Waals surface area (Å²) in [6, 6.07) is 15.5. The number of ether oxygens (including phenoxy) is 2. The molecule has 32 heavy (non-hydrogen) atoms. The molecule has 6 nitrogen and oxygen atoms in total. The monoisotopic (exact) mass is 438 g/mol. The van der Waals surface area contributed by atoms with Gasteiger partial charge in [0.1, 0.15) is 11.5 Å². The minimum absolute atomic E-state index is 0.0546. The normalized spacial score (nSPS) is 15.3. The fraction of sp³-hybridized carbons (Fsp3) is 0.462.